The molecule has 5 rings (SSSR count). The number of benzene rings is 1. The van der Waals surface area contributed by atoms with Crippen molar-refractivity contribution in [1.82, 2.24) is 10.6 Å². The minimum atomic E-state index is -0.101. The second-order valence-corrected chi connectivity index (χ2v) is 8.58. The van der Waals surface area contributed by atoms with Gasteiger partial charge in [-0.15, -0.1) is 0 Å². The van der Waals surface area contributed by atoms with Gasteiger partial charge < -0.3 is 10.6 Å². The molecule has 4 aliphatic carbocycles. The smallest absolute Gasteiger partial charge is 0.251 e. The highest BCUT2D eigenvalue weighted by atomic mass is 16.2. The van der Waals surface area contributed by atoms with Gasteiger partial charge in [-0.2, -0.15) is 0 Å². The van der Waals surface area contributed by atoms with Crippen molar-refractivity contribution < 1.29 is 9.59 Å². The first-order valence-electron chi connectivity index (χ1n) is 9.67. The summed E-state index contributed by atoms with van der Waals surface area (Å²) >= 11 is 0. The van der Waals surface area contributed by atoms with Crippen LogP contribution in [0.3, 0.4) is 0 Å². The number of hydrogen-bond acceptors (Lipinski definition) is 2. The van der Waals surface area contributed by atoms with Crippen LogP contribution < -0.4 is 10.6 Å². The van der Waals surface area contributed by atoms with Gasteiger partial charge in [0, 0.05) is 24.1 Å². The number of hydrogen-bond donors (Lipinski definition) is 2. The predicted octanol–water partition coefficient (Wildman–Crippen LogP) is 3.06. The minimum absolute atomic E-state index is 0.0796. The van der Waals surface area contributed by atoms with Gasteiger partial charge >= 0.3 is 0 Å². The van der Waals surface area contributed by atoms with Crippen molar-refractivity contribution in [3.63, 3.8) is 0 Å². The Labute approximate surface area is 149 Å². The molecule has 4 nitrogen and oxygen atoms in total. The molecule has 4 fully saturated rings. The quantitative estimate of drug-likeness (QED) is 0.810. The summed E-state index contributed by atoms with van der Waals surface area (Å²) < 4.78 is 0. The molecule has 4 bridgehead atoms. The summed E-state index contributed by atoms with van der Waals surface area (Å²) in [7, 11) is 0. The molecule has 0 spiro atoms. The number of carbonyl (C=O) groups is 2. The zero-order chi connectivity index (χ0) is 17.4. The highest BCUT2D eigenvalue weighted by Gasteiger charge is 2.54. The first kappa shape index (κ1) is 16.6. The lowest BCUT2D eigenvalue weighted by Gasteiger charge is -2.55. The highest BCUT2D eigenvalue weighted by molar-refractivity contribution is 5.94. The minimum Gasteiger partial charge on any atom is -0.354 e. The Morgan fingerprint density at radius 2 is 1.44 bits per heavy atom. The molecule has 4 aliphatic rings. The number of carbonyl (C=O) groups excluding carboxylic acids is 2. The van der Waals surface area contributed by atoms with Crippen LogP contribution in [0.15, 0.2) is 24.3 Å². The molecule has 0 unspecified atom stereocenters. The van der Waals surface area contributed by atoms with Crippen molar-refractivity contribution in [1.29, 1.82) is 0 Å². The van der Waals surface area contributed by atoms with E-state index in [-0.39, 0.29) is 17.2 Å². The largest absolute Gasteiger partial charge is 0.354 e. The van der Waals surface area contributed by atoms with Gasteiger partial charge in [-0.3, -0.25) is 9.59 Å². The van der Waals surface area contributed by atoms with Gasteiger partial charge in [0.2, 0.25) is 5.91 Å². The molecule has 0 aliphatic heterocycles. The van der Waals surface area contributed by atoms with Crippen LogP contribution in [0.2, 0.25) is 0 Å². The summed E-state index contributed by atoms with van der Waals surface area (Å²) in [6, 6.07) is 7.53. The van der Waals surface area contributed by atoms with E-state index in [1.807, 2.05) is 31.2 Å². The van der Waals surface area contributed by atoms with Crippen LogP contribution in [0, 0.1) is 30.1 Å². The molecule has 0 saturated heterocycles. The fourth-order valence-electron chi connectivity index (χ4n) is 5.74. The summed E-state index contributed by atoms with van der Waals surface area (Å²) in [5, 5.41) is 6.00. The second-order valence-electron chi connectivity index (χ2n) is 8.58. The van der Waals surface area contributed by atoms with Crippen LogP contribution >= 0.6 is 0 Å². The fraction of sp³-hybridized carbons (Fsp3) is 0.619. The maximum atomic E-state index is 12.8. The molecule has 1 aromatic carbocycles. The summed E-state index contributed by atoms with van der Waals surface area (Å²) in [5.74, 6) is 2.48. The lowest BCUT2D eigenvalue weighted by atomic mass is 9.49. The van der Waals surface area contributed by atoms with Crippen LogP contribution in [-0.4, -0.2) is 24.9 Å². The number of nitrogens with one attached hydrogen (secondary N) is 2. The van der Waals surface area contributed by atoms with Crippen molar-refractivity contribution in [2.45, 2.75) is 45.4 Å². The van der Waals surface area contributed by atoms with Crippen molar-refractivity contribution >= 4 is 11.8 Å². The molecule has 0 radical (unpaired) electrons. The predicted molar refractivity (Wildman–Crippen MR) is 97.1 cm³/mol. The first-order chi connectivity index (χ1) is 12.0. The lowest BCUT2D eigenvalue weighted by Crippen LogP contribution is -2.54. The first-order valence-corrected chi connectivity index (χ1v) is 9.67. The van der Waals surface area contributed by atoms with Gasteiger partial charge in [0.05, 0.1) is 0 Å². The van der Waals surface area contributed by atoms with E-state index in [1.165, 1.54) is 19.3 Å². The van der Waals surface area contributed by atoms with Gasteiger partial charge in [0.1, 0.15) is 0 Å². The molecule has 0 atom stereocenters. The van der Waals surface area contributed by atoms with E-state index in [2.05, 4.69) is 10.6 Å². The van der Waals surface area contributed by atoms with E-state index >= 15 is 0 Å². The molecule has 4 heteroatoms. The third-order valence-corrected chi connectivity index (χ3v) is 6.53. The van der Waals surface area contributed by atoms with Crippen LogP contribution in [-0.2, 0) is 4.79 Å². The van der Waals surface area contributed by atoms with Crippen molar-refractivity contribution in [2.24, 2.45) is 23.2 Å². The van der Waals surface area contributed by atoms with E-state index < -0.39 is 0 Å². The molecule has 25 heavy (non-hydrogen) atoms. The zero-order valence-corrected chi connectivity index (χ0v) is 15.0. The Balaban J connectivity index is 1.25. The maximum Gasteiger partial charge on any atom is 0.251 e. The molecule has 0 heterocycles. The van der Waals surface area contributed by atoms with Crippen LogP contribution in [0.5, 0.6) is 0 Å². The Hall–Kier alpha value is -1.84. The molecular formula is C21H28N2O2. The molecule has 4 saturated carbocycles. The van der Waals surface area contributed by atoms with Crippen LogP contribution in [0.25, 0.3) is 0 Å². The summed E-state index contributed by atoms with van der Waals surface area (Å²) in [6.45, 7) is 2.99. The van der Waals surface area contributed by atoms with E-state index in [4.69, 9.17) is 0 Å². The monoisotopic (exact) mass is 340 g/mol. The van der Waals surface area contributed by atoms with E-state index in [9.17, 15) is 9.59 Å². The van der Waals surface area contributed by atoms with Crippen LogP contribution in [0.1, 0.15) is 54.4 Å². The third-order valence-electron chi connectivity index (χ3n) is 6.53. The van der Waals surface area contributed by atoms with Crippen molar-refractivity contribution in [3.8, 4) is 0 Å². The van der Waals surface area contributed by atoms with E-state index in [0.717, 1.165) is 42.6 Å². The third kappa shape index (κ3) is 3.31. The molecule has 2 amide bonds. The Kier molecular flexibility index (Phi) is 4.30. The highest BCUT2D eigenvalue weighted by Crippen LogP contribution is 2.60. The topological polar surface area (TPSA) is 58.2 Å². The van der Waals surface area contributed by atoms with Gasteiger partial charge in [-0.1, -0.05) is 17.7 Å². The lowest BCUT2D eigenvalue weighted by molar-refractivity contribution is -0.146. The number of amides is 2. The van der Waals surface area contributed by atoms with Gasteiger partial charge in [0.25, 0.3) is 5.91 Å². The van der Waals surface area contributed by atoms with E-state index in [0.29, 0.717) is 18.7 Å². The molecule has 134 valence electrons. The van der Waals surface area contributed by atoms with Crippen molar-refractivity contribution in [2.75, 3.05) is 13.1 Å². The normalized spacial score (nSPS) is 32.4. The molecule has 2 N–H and O–H groups in total. The van der Waals surface area contributed by atoms with Gasteiger partial charge in [0.15, 0.2) is 0 Å². The average molecular weight is 340 g/mol. The van der Waals surface area contributed by atoms with E-state index in [1.54, 1.807) is 0 Å². The Morgan fingerprint density at radius 3 is 2.00 bits per heavy atom. The summed E-state index contributed by atoms with van der Waals surface area (Å²) in [6.07, 6.45) is 7.29. The van der Waals surface area contributed by atoms with Gasteiger partial charge in [-0.05, 0) is 75.3 Å². The second kappa shape index (κ2) is 6.47. The maximum absolute atomic E-state index is 12.8. The average Bonchev–Trinajstić information content (AvgIpc) is 2.57. The van der Waals surface area contributed by atoms with Gasteiger partial charge in [-0.25, -0.2) is 0 Å². The van der Waals surface area contributed by atoms with Crippen molar-refractivity contribution in [3.05, 3.63) is 35.4 Å². The summed E-state index contributed by atoms with van der Waals surface area (Å²) in [5.41, 5.74) is 1.70. The number of rotatable bonds is 5. The SMILES string of the molecule is Cc1ccc(C(=O)NCCNC(=O)C23CC4CC(CC(C4)C2)C3)cc1. The van der Waals surface area contributed by atoms with Crippen LogP contribution in [0.4, 0.5) is 0 Å². The zero-order valence-electron chi connectivity index (χ0n) is 15.0. The standard InChI is InChI=1S/C21H28N2O2/c1-14-2-4-18(5-3-14)19(24)22-6-7-23-20(25)21-11-15-8-16(12-21)10-17(9-15)13-21/h2-5,15-17H,6-13H2,1H3,(H,22,24)(H,23,25). The molecule has 0 aromatic heterocycles. The molecular weight excluding hydrogens is 312 g/mol. The molecule has 1 aromatic rings. The summed E-state index contributed by atoms with van der Waals surface area (Å²) in [4.78, 5) is 24.9. The Morgan fingerprint density at radius 1 is 0.920 bits per heavy atom. The fourth-order valence-corrected chi connectivity index (χ4v) is 5.74. The number of aryl methyl sites for hydroxylation is 1. The Bertz CT molecular complexity index is 630.